The highest BCUT2D eigenvalue weighted by Crippen LogP contribution is 2.52. The molecule has 1 fully saturated rings. The van der Waals surface area contributed by atoms with Crippen molar-refractivity contribution in [3.05, 3.63) is 92.5 Å². The van der Waals surface area contributed by atoms with Crippen LogP contribution in [0.25, 0.3) is 0 Å². The predicted molar refractivity (Wildman–Crippen MR) is 158 cm³/mol. The Hall–Kier alpha value is -3.46. The molecule has 2 unspecified atom stereocenters. The molecule has 3 aliphatic heterocycles. The number of amides is 1. The first-order valence-corrected chi connectivity index (χ1v) is 15.2. The zero-order chi connectivity index (χ0) is 29.9. The number of hydrogen-bond acceptors (Lipinski definition) is 5. The van der Waals surface area contributed by atoms with E-state index in [1.165, 1.54) is 11.6 Å². The van der Waals surface area contributed by atoms with Gasteiger partial charge in [-0.05, 0) is 69.3 Å². The van der Waals surface area contributed by atoms with E-state index in [0.717, 1.165) is 24.2 Å². The van der Waals surface area contributed by atoms with Gasteiger partial charge in [-0.25, -0.2) is 14.0 Å². The Balaban J connectivity index is 1.47. The van der Waals surface area contributed by atoms with Crippen LogP contribution in [0.4, 0.5) is 9.18 Å². The topological polar surface area (TPSA) is 95.9 Å². The lowest BCUT2D eigenvalue weighted by molar-refractivity contribution is -0.144. The molecule has 4 aliphatic rings. The lowest BCUT2D eigenvalue weighted by atomic mass is 9.59. The average molecular weight is 638 g/mol. The number of dihydropyridines is 1. The number of carbonyl (C=O) groups is 3. The Bertz CT molecular complexity index is 1530. The molecule has 42 heavy (non-hydrogen) atoms. The number of benzene rings is 2. The molecule has 0 saturated heterocycles. The van der Waals surface area contributed by atoms with Crippen LogP contribution in [0.2, 0.25) is 0 Å². The monoisotopic (exact) mass is 636 g/mol. The van der Waals surface area contributed by atoms with Gasteiger partial charge in [-0.3, -0.25) is 9.69 Å². The molecule has 2 N–H and O–H groups in total. The highest BCUT2D eigenvalue weighted by atomic mass is 79.9. The molecule has 7 nitrogen and oxygen atoms in total. The van der Waals surface area contributed by atoms with Gasteiger partial charge in [0.25, 0.3) is 0 Å². The summed E-state index contributed by atoms with van der Waals surface area (Å²) in [5.74, 6) is -1.53. The summed E-state index contributed by atoms with van der Waals surface area (Å²) in [4.78, 5) is 40.3. The van der Waals surface area contributed by atoms with Crippen molar-refractivity contribution >= 4 is 33.8 Å². The van der Waals surface area contributed by atoms with Crippen LogP contribution in [0.1, 0.15) is 57.1 Å². The molecule has 1 amide bonds. The van der Waals surface area contributed by atoms with Gasteiger partial charge in [0, 0.05) is 23.1 Å². The fourth-order valence-corrected chi connectivity index (χ4v) is 8.02. The zero-order valence-corrected chi connectivity index (χ0v) is 25.4. The fraction of sp³-hybridized carbons (Fsp3) is 0.424. The molecule has 5 atom stereocenters. The summed E-state index contributed by atoms with van der Waals surface area (Å²) >= 11 is 3.26. The molecule has 0 radical (unpaired) electrons. The number of Topliss-reactive ketones (excluding diaryl/α,β-unsaturated/α-hetero) is 1. The minimum atomic E-state index is -1.20. The third-order valence-electron chi connectivity index (χ3n) is 9.74. The van der Waals surface area contributed by atoms with E-state index in [4.69, 9.17) is 4.74 Å². The van der Waals surface area contributed by atoms with Crippen LogP contribution in [0.15, 0.2) is 75.5 Å². The van der Waals surface area contributed by atoms with Gasteiger partial charge in [0.15, 0.2) is 5.78 Å². The highest BCUT2D eigenvalue weighted by Gasteiger charge is 2.53. The second-order valence-electron chi connectivity index (χ2n) is 12.6. The molecule has 2 aromatic carbocycles. The van der Waals surface area contributed by atoms with Crippen LogP contribution in [0.5, 0.6) is 0 Å². The van der Waals surface area contributed by atoms with E-state index >= 15 is 0 Å². The maximum absolute atomic E-state index is 14.3. The van der Waals surface area contributed by atoms with E-state index in [9.17, 15) is 23.9 Å². The number of carbonyl (C=O) groups excluding carboxylic acids is 2. The largest absolute Gasteiger partial charge is 0.465 e. The van der Waals surface area contributed by atoms with Gasteiger partial charge in [-0.15, -0.1) is 0 Å². The van der Waals surface area contributed by atoms with Gasteiger partial charge in [-0.2, -0.15) is 0 Å². The summed E-state index contributed by atoms with van der Waals surface area (Å²) < 4.78 is 20.7. The molecule has 0 spiro atoms. The molecule has 0 aromatic heterocycles. The molecule has 3 heterocycles. The quantitative estimate of drug-likeness (QED) is 0.382. The Kier molecular flexibility index (Phi) is 7.28. The summed E-state index contributed by atoms with van der Waals surface area (Å²) in [6, 6.07) is 14.9. The van der Waals surface area contributed by atoms with Crippen molar-refractivity contribution in [3.63, 3.8) is 0 Å². The molecule has 9 heteroatoms. The number of esters is 1. The van der Waals surface area contributed by atoms with Gasteiger partial charge in [0.2, 0.25) is 0 Å². The Morgan fingerprint density at radius 1 is 1.10 bits per heavy atom. The highest BCUT2D eigenvalue weighted by molar-refractivity contribution is 9.10. The van der Waals surface area contributed by atoms with Crippen molar-refractivity contribution < 1.29 is 28.6 Å². The summed E-state index contributed by atoms with van der Waals surface area (Å²) in [7, 11) is 0. The van der Waals surface area contributed by atoms with Crippen molar-refractivity contribution in [1.29, 1.82) is 0 Å². The van der Waals surface area contributed by atoms with E-state index < -0.39 is 35.7 Å². The number of halogens is 2. The summed E-state index contributed by atoms with van der Waals surface area (Å²) in [6.07, 6.45) is 1.12. The Labute approximate surface area is 252 Å². The van der Waals surface area contributed by atoms with Gasteiger partial charge in [-0.1, -0.05) is 63.6 Å². The lowest BCUT2D eigenvalue weighted by Crippen LogP contribution is -2.49. The van der Waals surface area contributed by atoms with Gasteiger partial charge >= 0.3 is 12.1 Å². The van der Waals surface area contributed by atoms with Crippen LogP contribution < -0.4 is 5.32 Å². The van der Waals surface area contributed by atoms with Crippen LogP contribution in [-0.4, -0.2) is 47.0 Å². The molecule has 220 valence electrons. The molecule has 2 aromatic rings. The number of ether oxygens (including phenoxy) is 1. The van der Waals surface area contributed by atoms with E-state index in [2.05, 4.69) is 54.2 Å². The zero-order valence-electron chi connectivity index (χ0n) is 23.8. The van der Waals surface area contributed by atoms with Crippen LogP contribution in [0.3, 0.4) is 0 Å². The van der Waals surface area contributed by atoms with Gasteiger partial charge < -0.3 is 15.2 Å². The first-order valence-electron chi connectivity index (χ1n) is 14.4. The predicted octanol–water partition coefficient (Wildman–Crippen LogP) is 6.30. The number of ketones is 1. The third-order valence-corrected chi connectivity index (χ3v) is 10.4. The fourth-order valence-electron chi connectivity index (χ4n) is 7.62. The van der Waals surface area contributed by atoms with Crippen LogP contribution in [-0.2, 0) is 19.7 Å². The van der Waals surface area contributed by atoms with E-state index in [-0.39, 0.29) is 34.8 Å². The summed E-state index contributed by atoms with van der Waals surface area (Å²) in [5, 5.41) is 13.1. The smallest absolute Gasteiger partial charge is 0.408 e. The third kappa shape index (κ3) is 4.75. The first-order chi connectivity index (χ1) is 20.0. The number of cyclic esters (lactones) is 1. The van der Waals surface area contributed by atoms with Crippen molar-refractivity contribution in [2.75, 3.05) is 13.1 Å². The van der Waals surface area contributed by atoms with E-state index in [0.29, 0.717) is 34.0 Å². The standard InChI is InChI=1S/C33H34BrFN2O5/c1-17-9-11-21(33(2,3)19-7-5-4-6-8-19)20(13-17)30-29-28(31(39)42-30)26(18-10-12-23(35)22(34)14-18)27-24(36-29)15-37(32(40)41)16-25(27)38/h4-8,10,12,14,17,20-21,26,30,36H,9,11,13,15-16H2,1-3H3,(H,40,41)/t17-,20-,21+,26?,30?/m1/s1. The van der Waals surface area contributed by atoms with Crippen LogP contribution in [0, 0.1) is 23.6 Å². The SMILES string of the molecule is C[C@@H]1CC[C@H](C(C)(C)c2ccccc2)[C@H](C2OC(=O)C3=C2NC2=C(C(=O)CN(C(=O)O)C2)C3c2ccc(F)c(Br)c2)C1. The number of nitrogens with zero attached hydrogens (tertiary/aromatic N) is 1. The van der Waals surface area contributed by atoms with Crippen molar-refractivity contribution in [1.82, 2.24) is 10.2 Å². The normalized spacial score (nSPS) is 27.8. The molecule has 1 saturated carbocycles. The second kappa shape index (κ2) is 10.7. The van der Waals surface area contributed by atoms with Gasteiger partial charge in [0.1, 0.15) is 11.9 Å². The molecular weight excluding hydrogens is 603 g/mol. The first kappa shape index (κ1) is 28.6. The molecule has 6 rings (SSSR count). The van der Waals surface area contributed by atoms with Crippen LogP contribution >= 0.6 is 15.9 Å². The van der Waals surface area contributed by atoms with E-state index in [1.54, 1.807) is 12.1 Å². The molecule has 0 bridgehead atoms. The Morgan fingerprint density at radius 2 is 1.83 bits per heavy atom. The Morgan fingerprint density at radius 3 is 2.52 bits per heavy atom. The second-order valence-corrected chi connectivity index (χ2v) is 13.5. The number of carboxylic acid groups (broad SMARTS) is 1. The van der Waals surface area contributed by atoms with Crippen molar-refractivity contribution in [2.45, 2.75) is 57.5 Å². The summed E-state index contributed by atoms with van der Waals surface area (Å²) in [5.41, 5.74) is 3.31. The maximum atomic E-state index is 14.3. The summed E-state index contributed by atoms with van der Waals surface area (Å²) in [6.45, 7) is 6.39. The number of nitrogens with one attached hydrogen (secondary N) is 1. The van der Waals surface area contributed by atoms with E-state index in [1.807, 2.05) is 18.2 Å². The maximum Gasteiger partial charge on any atom is 0.408 e. The van der Waals surface area contributed by atoms with Crippen molar-refractivity contribution in [3.8, 4) is 0 Å². The number of hydrogen-bond donors (Lipinski definition) is 2. The minimum Gasteiger partial charge on any atom is -0.465 e. The average Bonchev–Trinajstić information content (AvgIpc) is 3.29. The lowest BCUT2D eigenvalue weighted by Gasteiger charge is -2.47. The molecular formula is C33H34BrFN2O5. The number of rotatable bonds is 4. The minimum absolute atomic E-state index is 0.00877. The van der Waals surface area contributed by atoms with Gasteiger partial charge in [0.05, 0.1) is 28.8 Å². The molecule has 1 aliphatic carbocycles. The van der Waals surface area contributed by atoms with Crippen molar-refractivity contribution in [2.24, 2.45) is 17.8 Å².